The third-order valence-electron chi connectivity index (χ3n) is 9.53. The van der Waals surface area contributed by atoms with Crippen molar-refractivity contribution in [2.45, 2.75) is 62.0 Å². The maximum Gasteiger partial charge on any atom is 0.345 e. The molecule has 0 aromatic heterocycles. The summed E-state index contributed by atoms with van der Waals surface area (Å²) in [5, 5.41) is 122. The number of esters is 2. The highest BCUT2D eigenvalue weighted by atomic mass is 16.7. The standard InChI is InChI=1S/C41H42O19/c42-18-34-39(60-35(51)8-3-19-1-5-25(43)28(46)11-19)37(53)38(54)41(59-34)57-10-9-22-15-31(49)32(50)16-23(22)24(21-4-7-27(45)30(48)14-21)17-36(52)58-33(40(55)56)13-20-2-6-26(44)29(47)12-20/h1-8,11-12,14-16,24,33-34,37-39,41-50,53-54H,9-10,13,17-18H2,(H,55,56)/t24-,33-,34-,37-,38-,39-,41-/m1/s1. The van der Waals surface area contributed by atoms with Gasteiger partial charge in [0.1, 0.15) is 18.3 Å². The predicted molar refractivity (Wildman–Crippen MR) is 203 cm³/mol. The van der Waals surface area contributed by atoms with Crippen molar-refractivity contribution in [3.8, 4) is 46.0 Å². The largest absolute Gasteiger partial charge is 0.504 e. The van der Waals surface area contributed by atoms with Crippen LogP contribution in [-0.4, -0.2) is 129 Å². The van der Waals surface area contributed by atoms with E-state index in [1.54, 1.807) is 0 Å². The number of benzene rings is 4. The molecule has 0 bridgehead atoms. The Labute approximate surface area is 340 Å². The molecule has 0 radical (unpaired) electrons. The van der Waals surface area contributed by atoms with Crippen molar-refractivity contribution in [2.24, 2.45) is 0 Å². The molecule has 0 saturated carbocycles. The van der Waals surface area contributed by atoms with Gasteiger partial charge in [-0.2, -0.15) is 0 Å². The topological polar surface area (TPSA) is 331 Å². The second-order valence-corrected chi connectivity index (χ2v) is 13.7. The Morgan fingerprint density at radius 2 is 1.35 bits per heavy atom. The minimum Gasteiger partial charge on any atom is -0.504 e. The van der Waals surface area contributed by atoms with E-state index in [4.69, 9.17) is 18.9 Å². The first-order valence-electron chi connectivity index (χ1n) is 18.1. The second kappa shape index (κ2) is 19.3. The Morgan fingerprint density at radius 1 is 0.733 bits per heavy atom. The average Bonchev–Trinajstić information content (AvgIpc) is 3.20. The van der Waals surface area contributed by atoms with Crippen molar-refractivity contribution in [3.05, 3.63) is 101 Å². The molecule has 4 aromatic carbocycles. The van der Waals surface area contributed by atoms with E-state index in [2.05, 4.69) is 0 Å². The van der Waals surface area contributed by atoms with Crippen LogP contribution < -0.4 is 0 Å². The van der Waals surface area contributed by atoms with Crippen LogP contribution in [0.1, 0.15) is 40.2 Å². The highest BCUT2D eigenvalue weighted by Gasteiger charge is 2.47. The quantitative estimate of drug-likeness (QED) is 0.0434. The summed E-state index contributed by atoms with van der Waals surface area (Å²) >= 11 is 0. The van der Waals surface area contributed by atoms with Crippen LogP contribution in [-0.2, 0) is 46.2 Å². The van der Waals surface area contributed by atoms with E-state index in [0.29, 0.717) is 5.56 Å². The Hall–Kier alpha value is -6.77. The zero-order valence-electron chi connectivity index (χ0n) is 31.3. The first kappa shape index (κ1) is 44.3. The monoisotopic (exact) mass is 838 g/mol. The lowest BCUT2D eigenvalue weighted by Gasteiger charge is -2.41. The van der Waals surface area contributed by atoms with Crippen molar-refractivity contribution < 1.29 is 94.6 Å². The summed E-state index contributed by atoms with van der Waals surface area (Å²) in [6.45, 7) is -1.15. The molecular formula is C41H42O19. The normalized spacial score (nSPS) is 20.0. The summed E-state index contributed by atoms with van der Waals surface area (Å²) in [6.07, 6.45) is -9.06. The molecular weight excluding hydrogens is 796 g/mol. The summed E-state index contributed by atoms with van der Waals surface area (Å²) in [6, 6.07) is 13.1. The third-order valence-corrected chi connectivity index (χ3v) is 9.53. The number of carboxylic acids is 1. The molecule has 0 spiro atoms. The maximum atomic E-state index is 13.4. The van der Waals surface area contributed by atoms with Gasteiger partial charge >= 0.3 is 17.9 Å². The number of hydrogen-bond donors (Lipinski definition) is 12. The van der Waals surface area contributed by atoms with Gasteiger partial charge < -0.3 is 80.2 Å². The van der Waals surface area contributed by atoms with Crippen molar-refractivity contribution in [1.29, 1.82) is 0 Å². The first-order chi connectivity index (χ1) is 28.4. The molecule has 1 aliphatic heterocycles. The molecule has 1 saturated heterocycles. The van der Waals surface area contributed by atoms with Crippen molar-refractivity contribution in [2.75, 3.05) is 13.2 Å². The summed E-state index contributed by atoms with van der Waals surface area (Å²) < 4.78 is 21.9. The van der Waals surface area contributed by atoms with Gasteiger partial charge in [0.15, 0.2) is 58.4 Å². The molecule has 60 heavy (non-hydrogen) atoms. The predicted octanol–water partition coefficient (Wildman–Crippen LogP) is 1.72. The van der Waals surface area contributed by atoms with Crippen LogP contribution >= 0.6 is 0 Å². The summed E-state index contributed by atoms with van der Waals surface area (Å²) in [5.41, 5.74) is 1.02. The number of carbonyl (C=O) groups excluding carboxylic acids is 2. The summed E-state index contributed by atoms with van der Waals surface area (Å²) in [7, 11) is 0. The minimum atomic E-state index is -1.84. The number of aliphatic hydroxyl groups excluding tert-OH is 3. The number of ether oxygens (including phenoxy) is 4. The number of carbonyl (C=O) groups is 3. The van der Waals surface area contributed by atoms with E-state index in [0.717, 1.165) is 42.5 Å². The fourth-order valence-corrected chi connectivity index (χ4v) is 6.41. The third kappa shape index (κ3) is 10.8. The zero-order chi connectivity index (χ0) is 43.8. The molecule has 4 aromatic rings. The van der Waals surface area contributed by atoms with Gasteiger partial charge in [0.2, 0.25) is 6.10 Å². The first-order valence-corrected chi connectivity index (χ1v) is 18.1. The average molecular weight is 839 g/mol. The molecule has 5 rings (SSSR count). The fourth-order valence-electron chi connectivity index (χ4n) is 6.41. The van der Waals surface area contributed by atoms with Gasteiger partial charge in [0.25, 0.3) is 0 Å². The van der Waals surface area contributed by atoms with Crippen LogP contribution in [0.25, 0.3) is 6.08 Å². The molecule has 19 heteroatoms. The highest BCUT2D eigenvalue weighted by molar-refractivity contribution is 5.87. The van der Waals surface area contributed by atoms with E-state index < -0.39 is 120 Å². The van der Waals surface area contributed by atoms with Gasteiger partial charge in [0, 0.05) is 18.4 Å². The second-order valence-electron chi connectivity index (χ2n) is 13.7. The number of phenols is 8. The fraction of sp³-hybridized carbons (Fsp3) is 0.293. The molecule has 0 unspecified atom stereocenters. The van der Waals surface area contributed by atoms with Crippen molar-refractivity contribution >= 4 is 24.0 Å². The number of carboxylic acid groups (broad SMARTS) is 1. The number of aliphatic carboxylic acids is 1. The van der Waals surface area contributed by atoms with Crippen LogP contribution in [0.2, 0.25) is 0 Å². The van der Waals surface area contributed by atoms with E-state index in [1.165, 1.54) is 36.4 Å². The lowest BCUT2D eigenvalue weighted by Crippen LogP contribution is -2.60. The number of aliphatic hydroxyl groups is 3. The minimum absolute atomic E-state index is 0.132. The van der Waals surface area contributed by atoms with Gasteiger partial charge in [-0.3, -0.25) is 4.79 Å². The molecule has 320 valence electrons. The number of hydrogen-bond acceptors (Lipinski definition) is 18. The maximum absolute atomic E-state index is 13.4. The molecule has 1 aliphatic rings. The SMILES string of the molecule is O=C(C=Cc1ccc(O)c(O)c1)O[C@H]1[C@H](O)[C@@H](O)[C@H](OCCc2cc(O)c(O)cc2[C@H](CC(=O)O[C@H](Cc2ccc(O)c(O)c2)C(=O)O)c2ccc(O)c(O)c2)O[C@@H]1CO. The molecule has 0 amide bonds. The van der Waals surface area contributed by atoms with Crippen molar-refractivity contribution in [3.63, 3.8) is 0 Å². The Kier molecular flexibility index (Phi) is 14.3. The number of phenolic OH excluding ortho intramolecular Hbond substituents is 8. The van der Waals surface area contributed by atoms with Crippen LogP contribution in [0.3, 0.4) is 0 Å². The highest BCUT2D eigenvalue weighted by Crippen LogP contribution is 2.40. The Bertz CT molecular complexity index is 2220. The summed E-state index contributed by atoms with van der Waals surface area (Å²) in [5.74, 6) is -8.93. The van der Waals surface area contributed by atoms with Gasteiger partial charge in [0.05, 0.1) is 19.6 Å². The molecule has 1 fully saturated rings. The lowest BCUT2D eigenvalue weighted by atomic mass is 9.84. The van der Waals surface area contributed by atoms with Crippen molar-refractivity contribution in [1.82, 2.24) is 0 Å². The van der Waals surface area contributed by atoms with Gasteiger partial charge in [-0.25, -0.2) is 9.59 Å². The van der Waals surface area contributed by atoms with Gasteiger partial charge in [-0.1, -0.05) is 18.2 Å². The zero-order valence-corrected chi connectivity index (χ0v) is 31.3. The molecule has 0 aliphatic carbocycles. The van der Waals surface area contributed by atoms with Crippen LogP contribution in [0.4, 0.5) is 0 Å². The van der Waals surface area contributed by atoms with Gasteiger partial charge in [-0.05, 0) is 88.8 Å². The number of aromatic hydroxyl groups is 8. The van der Waals surface area contributed by atoms with Crippen LogP contribution in [0, 0.1) is 0 Å². The Balaban J connectivity index is 1.32. The number of rotatable bonds is 16. The van der Waals surface area contributed by atoms with E-state index in [1.807, 2.05) is 0 Å². The molecule has 19 nitrogen and oxygen atoms in total. The molecule has 1 heterocycles. The van der Waals surface area contributed by atoms with E-state index >= 15 is 0 Å². The van der Waals surface area contributed by atoms with Crippen LogP contribution in [0.5, 0.6) is 46.0 Å². The van der Waals surface area contributed by atoms with Crippen LogP contribution in [0.15, 0.2) is 72.8 Å². The smallest absolute Gasteiger partial charge is 0.345 e. The lowest BCUT2D eigenvalue weighted by molar-refractivity contribution is -0.302. The summed E-state index contributed by atoms with van der Waals surface area (Å²) in [4.78, 5) is 38.1. The van der Waals surface area contributed by atoms with E-state index in [-0.39, 0.29) is 41.0 Å². The van der Waals surface area contributed by atoms with E-state index in [9.17, 15) is 75.7 Å². The van der Waals surface area contributed by atoms with Gasteiger partial charge in [-0.15, -0.1) is 0 Å². The molecule has 7 atom stereocenters. The Morgan fingerprint density at radius 3 is 1.98 bits per heavy atom. The molecule has 12 N–H and O–H groups in total.